The summed E-state index contributed by atoms with van der Waals surface area (Å²) in [6.07, 6.45) is 5.49. The second-order valence-electron chi connectivity index (χ2n) is 18.3. The highest BCUT2D eigenvalue weighted by Gasteiger charge is 2.30. The van der Waals surface area contributed by atoms with Crippen LogP contribution in [0.2, 0.25) is 0 Å². The lowest BCUT2D eigenvalue weighted by Crippen LogP contribution is -2.25. The SMILES string of the molecule is CCCOc1c(-c2cc(C(CCC)C(C)(C)C)ccc2OC2CCCCO2)cc(F)cc1-n1c2cc(C(C)(C)C)ccc2c2ccc(C(C)(C)C)cc21. The fraction of sp³-hybridized carbons (Fsp3) is 0.500. The third kappa shape index (κ3) is 8.16. The number of benzene rings is 4. The summed E-state index contributed by atoms with van der Waals surface area (Å²) < 4.78 is 38.4. The molecule has 1 aliphatic rings. The van der Waals surface area contributed by atoms with Crippen LogP contribution in [0.1, 0.15) is 137 Å². The molecule has 4 nitrogen and oxygen atoms in total. The molecule has 53 heavy (non-hydrogen) atoms. The van der Waals surface area contributed by atoms with Crippen molar-refractivity contribution in [2.45, 2.75) is 138 Å². The van der Waals surface area contributed by atoms with Crippen LogP contribution in [0.5, 0.6) is 11.5 Å². The Kier molecular flexibility index (Phi) is 11.1. The molecular formula is C48H62FNO3. The molecule has 1 aliphatic heterocycles. The first-order valence-corrected chi connectivity index (χ1v) is 20.0. The van der Waals surface area contributed by atoms with Crippen molar-refractivity contribution in [2.75, 3.05) is 13.2 Å². The molecule has 1 aromatic heterocycles. The highest BCUT2D eigenvalue weighted by molar-refractivity contribution is 6.10. The van der Waals surface area contributed by atoms with Crippen molar-refractivity contribution in [3.8, 4) is 28.3 Å². The molecule has 0 radical (unpaired) electrons. The minimum absolute atomic E-state index is 0.0370. The Morgan fingerprint density at radius 3 is 1.92 bits per heavy atom. The van der Waals surface area contributed by atoms with Crippen LogP contribution < -0.4 is 9.47 Å². The van der Waals surface area contributed by atoms with Crippen LogP contribution in [0.3, 0.4) is 0 Å². The number of hydrogen-bond donors (Lipinski definition) is 0. The van der Waals surface area contributed by atoms with Crippen molar-refractivity contribution < 1.29 is 18.6 Å². The number of aromatic nitrogens is 1. The average Bonchev–Trinajstić information content (AvgIpc) is 3.42. The standard InChI is InChI=1S/C48H62FNO3/c1-12-16-39(48(9,10)11)31-18-23-43(53-44-17-14-15-25-51-44)37(26-31)38-29-34(49)30-42(45(38)52-24-13-2)50-40-27-32(46(3,4)5)19-21-35(40)36-22-20-33(28-41(36)50)47(6,7)8/h18-23,26-30,39,44H,12-17,24-25H2,1-11H3. The first-order chi connectivity index (χ1) is 25.0. The van der Waals surface area contributed by atoms with Gasteiger partial charge in [0.15, 0.2) is 12.0 Å². The lowest BCUT2D eigenvalue weighted by Gasteiger charge is -2.32. The van der Waals surface area contributed by atoms with Crippen LogP contribution in [-0.2, 0) is 15.6 Å². The minimum atomic E-state index is -0.348. The van der Waals surface area contributed by atoms with E-state index in [1.165, 1.54) is 16.7 Å². The van der Waals surface area contributed by atoms with E-state index in [1.807, 2.05) is 0 Å². The fourth-order valence-electron chi connectivity index (χ4n) is 7.92. The maximum absolute atomic E-state index is 16.6. The molecule has 2 unspecified atom stereocenters. The van der Waals surface area contributed by atoms with Gasteiger partial charge in [0, 0.05) is 34.4 Å². The van der Waals surface area contributed by atoms with Crippen LogP contribution >= 0.6 is 0 Å². The zero-order chi connectivity index (χ0) is 38.3. The molecule has 0 amide bonds. The van der Waals surface area contributed by atoms with Crippen molar-refractivity contribution in [3.63, 3.8) is 0 Å². The molecule has 0 spiro atoms. The monoisotopic (exact) mass is 719 g/mol. The number of nitrogens with zero attached hydrogens (tertiary/aromatic N) is 1. The Morgan fingerprint density at radius 1 is 0.755 bits per heavy atom. The van der Waals surface area contributed by atoms with Crippen LogP contribution in [0.4, 0.5) is 4.39 Å². The summed E-state index contributed by atoms with van der Waals surface area (Å²) >= 11 is 0. The zero-order valence-electron chi connectivity index (χ0n) is 34.2. The number of rotatable bonds is 10. The van der Waals surface area contributed by atoms with Gasteiger partial charge in [0.05, 0.1) is 29.9 Å². The van der Waals surface area contributed by atoms with Crippen LogP contribution in [0.15, 0.2) is 66.7 Å². The predicted octanol–water partition coefficient (Wildman–Crippen LogP) is 13.8. The zero-order valence-corrected chi connectivity index (χ0v) is 34.2. The van der Waals surface area contributed by atoms with Gasteiger partial charge in [-0.2, -0.15) is 0 Å². The molecule has 0 saturated carbocycles. The Hall–Kier alpha value is -3.83. The summed E-state index contributed by atoms with van der Waals surface area (Å²) in [5.74, 6) is 1.33. The number of fused-ring (bicyclic) bond motifs is 3. The summed E-state index contributed by atoms with van der Waals surface area (Å²) in [5, 5.41) is 2.27. The van der Waals surface area contributed by atoms with E-state index >= 15 is 4.39 Å². The third-order valence-corrected chi connectivity index (χ3v) is 10.9. The molecular weight excluding hydrogens is 658 g/mol. The van der Waals surface area contributed by atoms with Gasteiger partial charge in [-0.25, -0.2) is 4.39 Å². The number of ether oxygens (including phenoxy) is 3. The van der Waals surface area contributed by atoms with Gasteiger partial charge in [-0.3, -0.25) is 0 Å². The van der Waals surface area contributed by atoms with Crippen molar-refractivity contribution >= 4 is 21.8 Å². The third-order valence-electron chi connectivity index (χ3n) is 10.9. The second kappa shape index (κ2) is 15.1. The lowest BCUT2D eigenvalue weighted by molar-refractivity contribution is -0.105. The van der Waals surface area contributed by atoms with E-state index in [0.717, 1.165) is 65.9 Å². The molecule has 5 heteroatoms. The molecule has 4 aromatic carbocycles. The second-order valence-corrected chi connectivity index (χ2v) is 18.3. The maximum Gasteiger partial charge on any atom is 0.199 e. The quantitative estimate of drug-likeness (QED) is 0.144. The molecule has 284 valence electrons. The summed E-state index contributed by atoms with van der Waals surface area (Å²) in [6, 6.07) is 23.3. The largest absolute Gasteiger partial charge is 0.491 e. The fourth-order valence-corrected chi connectivity index (χ4v) is 7.92. The topological polar surface area (TPSA) is 32.6 Å². The molecule has 1 saturated heterocycles. The van der Waals surface area contributed by atoms with Gasteiger partial charge < -0.3 is 18.8 Å². The summed E-state index contributed by atoms with van der Waals surface area (Å²) in [7, 11) is 0. The van der Waals surface area contributed by atoms with E-state index in [1.54, 1.807) is 12.1 Å². The van der Waals surface area contributed by atoms with Crippen molar-refractivity contribution in [3.05, 3.63) is 89.2 Å². The van der Waals surface area contributed by atoms with Crippen molar-refractivity contribution in [1.82, 2.24) is 4.57 Å². The Morgan fingerprint density at radius 2 is 1.40 bits per heavy atom. The minimum Gasteiger partial charge on any atom is -0.491 e. The Balaban J connectivity index is 1.70. The van der Waals surface area contributed by atoms with Crippen LogP contribution in [0, 0.1) is 11.2 Å². The van der Waals surface area contributed by atoms with Gasteiger partial charge in [-0.15, -0.1) is 0 Å². The van der Waals surface area contributed by atoms with Gasteiger partial charge in [-0.05, 0) is 94.9 Å². The number of halogens is 1. The summed E-state index contributed by atoms with van der Waals surface area (Å²) in [5.41, 5.74) is 7.84. The number of hydrogen-bond acceptors (Lipinski definition) is 3. The molecule has 0 bridgehead atoms. The Labute approximate surface area is 318 Å². The highest BCUT2D eigenvalue weighted by Crippen LogP contribution is 2.48. The van der Waals surface area contributed by atoms with E-state index in [2.05, 4.69) is 135 Å². The van der Waals surface area contributed by atoms with Gasteiger partial charge >= 0.3 is 0 Å². The normalized spacial score (nSPS) is 16.3. The molecule has 2 heterocycles. The lowest BCUT2D eigenvalue weighted by atomic mass is 9.73. The van der Waals surface area contributed by atoms with Crippen molar-refractivity contribution in [1.29, 1.82) is 0 Å². The van der Waals surface area contributed by atoms with Crippen molar-refractivity contribution in [2.24, 2.45) is 5.41 Å². The van der Waals surface area contributed by atoms with Crippen LogP contribution in [0.25, 0.3) is 38.6 Å². The smallest absolute Gasteiger partial charge is 0.199 e. The van der Waals surface area contributed by atoms with Gasteiger partial charge in [-0.1, -0.05) is 113 Å². The van der Waals surface area contributed by atoms with Gasteiger partial charge in [0.1, 0.15) is 11.6 Å². The first kappa shape index (κ1) is 38.9. The first-order valence-electron chi connectivity index (χ1n) is 20.0. The summed E-state index contributed by atoms with van der Waals surface area (Å²) in [4.78, 5) is 0. The van der Waals surface area contributed by atoms with Crippen LogP contribution in [-0.4, -0.2) is 24.1 Å². The molecule has 6 rings (SSSR count). The molecule has 2 atom stereocenters. The summed E-state index contributed by atoms with van der Waals surface area (Å²) in [6.45, 7) is 25.9. The van der Waals surface area contributed by atoms with E-state index in [4.69, 9.17) is 14.2 Å². The van der Waals surface area contributed by atoms with Gasteiger partial charge in [0.2, 0.25) is 0 Å². The van der Waals surface area contributed by atoms with E-state index in [0.29, 0.717) is 41.9 Å². The van der Waals surface area contributed by atoms with Gasteiger partial charge in [0.25, 0.3) is 0 Å². The Bertz CT molecular complexity index is 1990. The van der Waals surface area contributed by atoms with E-state index in [-0.39, 0.29) is 28.4 Å². The highest BCUT2D eigenvalue weighted by atomic mass is 19.1. The maximum atomic E-state index is 16.6. The molecule has 1 fully saturated rings. The van der Waals surface area contributed by atoms with E-state index < -0.39 is 0 Å². The molecule has 0 N–H and O–H groups in total. The average molecular weight is 720 g/mol. The predicted molar refractivity (Wildman–Crippen MR) is 221 cm³/mol. The molecule has 0 aliphatic carbocycles. The molecule has 5 aromatic rings. The van der Waals surface area contributed by atoms with E-state index in [9.17, 15) is 0 Å².